The Labute approximate surface area is 101 Å². The van der Waals surface area contributed by atoms with Crippen LogP contribution in [-0.2, 0) is 0 Å². The van der Waals surface area contributed by atoms with Crippen LogP contribution in [-0.4, -0.2) is 16.0 Å². The first-order chi connectivity index (χ1) is 7.65. The maximum atomic E-state index is 6.01. The highest BCUT2D eigenvalue weighted by atomic mass is 35.5. The Morgan fingerprint density at radius 2 is 2.31 bits per heavy atom. The van der Waals surface area contributed by atoms with Crippen LogP contribution in [0.25, 0.3) is 0 Å². The molecule has 0 saturated heterocycles. The molecule has 1 aliphatic carbocycles. The molecule has 1 aromatic heterocycles. The number of nitrogens with one attached hydrogen (secondary N) is 1. The fourth-order valence-corrected chi connectivity index (χ4v) is 2.39. The Kier molecular flexibility index (Phi) is 3.49. The summed E-state index contributed by atoms with van der Waals surface area (Å²) >= 11 is 6.01. The van der Waals surface area contributed by atoms with Crippen molar-refractivity contribution in [2.24, 2.45) is 5.92 Å². The number of hydrogen-bond donors (Lipinski definition) is 2. The lowest BCUT2D eigenvalue weighted by Crippen LogP contribution is -2.26. The van der Waals surface area contributed by atoms with Gasteiger partial charge in [0.2, 0.25) is 5.95 Å². The number of nitrogens with zero attached hydrogens (tertiary/aromatic N) is 2. The summed E-state index contributed by atoms with van der Waals surface area (Å²) < 4.78 is 0. The van der Waals surface area contributed by atoms with Crippen LogP contribution in [0.1, 0.15) is 32.6 Å². The van der Waals surface area contributed by atoms with Crippen molar-refractivity contribution in [1.82, 2.24) is 9.97 Å². The standard InChI is InChI=1S/C11H17ClN4/c1-7-3-2-4-8(5-7)15-10-9(12)6-14-11(13)16-10/h6-8H,2-5H2,1H3,(H3,13,14,15,16). The molecule has 16 heavy (non-hydrogen) atoms. The lowest BCUT2D eigenvalue weighted by molar-refractivity contribution is 0.358. The molecule has 3 N–H and O–H groups in total. The van der Waals surface area contributed by atoms with E-state index in [0.29, 0.717) is 16.9 Å². The zero-order valence-corrected chi connectivity index (χ0v) is 10.2. The normalized spacial score (nSPS) is 25.4. The van der Waals surface area contributed by atoms with Crippen molar-refractivity contribution >= 4 is 23.4 Å². The molecule has 0 amide bonds. The first-order valence-electron chi connectivity index (χ1n) is 5.69. The van der Waals surface area contributed by atoms with Crippen LogP contribution in [0.2, 0.25) is 5.02 Å². The van der Waals surface area contributed by atoms with Crippen LogP contribution in [0.4, 0.5) is 11.8 Å². The van der Waals surface area contributed by atoms with E-state index in [9.17, 15) is 0 Å². The molecule has 0 aromatic carbocycles. The van der Waals surface area contributed by atoms with Gasteiger partial charge in [0.25, 0.3) is 0 Å². The third-order valence-corrected chi connectivity index (χ3v) is 3.32. The van der Waals surface area contributed by atoms with Gasteiger partial charge in [0.15, 0.2) is 5.82 Å². The van der Waals surface area contributed by atoms with Gasteiger partial charge < -0.3 is 11.1 Å². The molecule has 0 radical (unpaired) electrons. The zero-order chi connectivity index (χ0) is 11.5. The molecule has 2 unspecified atom stereocenters. The minimum atomic E-state index is 0.260. The van der Waals surface area contributed by atoms with Crippen molar-refractivity contribution in [3.05, 3.63) is 11.2 Å². The molecular formula is C11H17ClN4. The van der Waals surface area contributed by atoms with E-state index in [0.717, 1.165) is 5.92 Å². The quantitative estimate of drug-likeness (QED) is 0.834. The number of nitrogen functional groups attached to an aromatic ring is 1. The number of nitrogens with two attached hydrogens (primary N) is 1. The van der Waals surface area contributed by atoms with E-state index < -0.39 is 0 Å². The number of anilines is 2. The molecule has 1 saturated carbocycles. The summed E-state index contributed by atoms with van der Waals surface area (Å²) in [6, 6.07) is 0.454. The lowest BCUT2D eigenvalue weighted by Gasteiger charge is -2.28. The molecule has 0 spiro atoms. The van der Waals surface area contributed by atoms with Gasteiger partial charge in [0, 0.05) is 6.04 Å². The average Bonchev–Trinajstić information content (AvgIpc) is 2.24. The summed E-state index contributed by atoms with van der Waals surface area (Å²) in [7, 11) is 0. The number of halogens is 1. The van der Waals surface area contributed by atoms with E-state index in [2.05, 4.69) is 22.2 Å². The Morgan fingerprint density at radius 1 is 1.50 bits per heavy atom. The van der Waals surface area contributed by atoms with Gasteiger partial charge in [-0.25, -0.2) is 4.98 Å². The van der Waals surface area contributed by atoms with Gasteiger partial charge in [0.1, 0.15) is 5.02 Å². The van der Waals surface area contributed by atoms with Crippen LogP contribution in [0.3, 0.4) is 0 Å². The highest BCUT2D eigenvalue weighted by Gasteiger charge is 2.19. The molecule has 88 valence electrons. The van der Waals surface area contributed by atoms with Crippen LogP contribution in [0.15, 0.2) is 6.20 Å². The average molecular weight is 241 g/mol. The fourth-order valence-electron chi connectivity index (χ4n) is 2.24. The zero-order valence-electron chi connectivity index (χ0n) is 9.41. The summed E-state index contributed by atoms with van der Waals surface area (Å²) in [5.74, 6) is 1.69. The molecule has 2 atom stereocenters. The van der Waals surface area contributed by atoms with Crippen molar-refractivity contribution in [2.75, 3.05) is 11.1 Å². The van der Waals surface area contributed by atoms with E-state index in [-0.39, 0.29) is 5.95 Å². The molecule has 1 aliphatic rings. The minimum Gasteiger partial charge on any atom is -0.368 e. The van der Waals surface area contributed by atoms with Gasteiger partial charge in [-0.15, -0.1) is 0 Å². The van der Waals surface area contributed by atoms with Crippen LogP contribution in [0.5, 0.6) is 0 Å². The first-order valence-corrected chi connectivity index (χ1v) is 6.07. The minimum absolute atomic E-state index is 0.260. The van der Waals surface area contributed by atoms with Crippen molar-refractivity contribution < 1.29 is 0 Å². The maximum Gasteiger partial charge on any atom is 0.222 e. The predicted molar refractivity (Wildman–Crippen MR) is 66.5 cm³/mol. The Hall–Kier alpha value is -1.03. The molecule has 1 fully saturated rings. The maximum absolute atomic E-state index is 6.01. The first kappa shape index (κ1) is 11.5. The van der Waals surface area contributed by atoms with E-state index in [1.54, 1.807) is 6.20 Å². The molecule has 5 heteroatoms. The van der Waals surface area contributed by atoms with Gasteiger partial charge in [-0.2, -0.15) is 4.98 Å². The van der Waals surface area contributed by atoms with Gasteiger partial charge in [0.05, 0.1) is 6.20 Å². The molecule has 0 bridgehead atoms. The third kappa shape index (κ3) is 2.76. The summed E-state index contributed by atoms with van der Waals surface area (Å²) in [5.41, 5.74) is 5.54. The number of aromatic nitrogens is 2. The second-order valence-corrected chi connectivity index (χ2v) is 4.94. The Bertz CT molecular complexity index is 369. The largest absolute Gasteiger partial charge is 0.368 e. The van der Waals surface area contributed by atoms with Gasteiger partial charge in [-0.05, 0) is 18.8 Å². The summed E-state index contributed by atoms with van der Waals surface area (Å²) in [5, 5.41) is 3.89. The molecule has 1 aromatic rings. The number of hydrogen-bond acceptors (Lipinski definition) is 4. The molecular weight excluding hydrogens is 224 g/mol. The van der Waals surface area contributed by atoms with Crippen LogP contribution < -0.4 is 11.1 Å². The second kappa shape index (κ2) is 4.87. The fraction of sp³-hybridized carbons (Fsp3) is 0.636. The summed E-state index contributed by atoms with van der Waals surface area (Å²) in [6.45, 7) is 2.28. The van der Waals surface area contributed by atoms with E-state index in [4.69, 9.17) is 17.3 Å². The van der Waals surface area contributed by atoms with E-state index >= 15 is 0 Å². The SMILES string of the molecule is CC1CCCC(Nc2nc(N)ncc2Cl)C1. The lowest BCUT2D eigenvalue weighted by atomic mass is 9.87. The molecule has 1 heterocycles. The summed E-state index contributed by atoms with van der Waals surface area (Å²) in [6.07, 6.45) is 6.46. The number of rotatable bonds is 2. The monoisotopic (exact) mass is 240 g/mol. The van der Waals surface area contributed by atoms with Crippen LogP contribution >= 0.6 is 11.6 Å². The Morgan fingerprint density at radius 3 is 3.06 bits per heavy atom. The third-order valence-electron chi connectivity index (χ3n) is 3.04. The van der Waals surface area contributed by atoms with Crippen molar-refractivity contribution in [2.45, 2.75) is 38.6 Å². The van der Waals surface area contributed by atoms with Crippen molar-refractivity contribution in [3.8, 4) is 0 Å². The van der Waals surface area contributed by atoms with E-state index in [1.807, 2.05) is 0 Å². The molecule has 4 nitrogen and oxygen atoms in total. The highest BCUT2D eigenvalue weighted by molar-refractivity contribution is 6.32. The summed E-state index contributed by atoms with van der Waals surface area (Å²) in [4.78, 5) is 7.96. The second-order valence-electron chi connectivity index (χ2n) is 4.54. The predicted octanol–water partition coefficient (Wildman–Crippen LogP) is 2.70. The molecule has 0 aliphatic heterocycles. The van der Waals surface area contributed by atoms with Crippen molar-refractivity contribution in [1.29, 1.82) is 0 Å². The molecule has 2 rings (SSSR count). The Balaban J connectivity index is 2.05. The van der Waals surface area contributed by atoms with Gasteiger partial charge in [-0.1, -0.05) is 31.4 Å². The van der Waals surface area contributed by atoms with E-state index in [1.165, 1.54) is 25.7 Å². The van der Waals surface area contributed by atoms with Crippen LogP contribution in [0, 0.1) is 5.92 Å². The van der Waals surface area contributed by atoms with Gasteiger partial charge >= 0.3 is 0 Å². The van der Waals surface area contributed by atoms with Crippen molar-refractivity contribution in [3.63, 3.8) is 0 Å². The topological polar surface area (TPSA) is 63.8 Å². The smallest absolute Gasteiger partial charge is 0.222 e. The van der Waals surface area contributed by atoms with Gasteiger partial charge in [-0.3, -0.25) is 0 Å². The highest BCUT2D eigenvalue weighted by Crippen LogP contribution is 2.27.